The first-order valence-electron chi connectivity index (χ1n) is 7.35. The molecule has 132 valence electrons. The molecule has 0 saturated carbocycles. The van der Waals surface area contributed by atoms with Crippen molar-refractivity contribution in [3.05, 3.63) is 64.2 Å². The van der Waals surface area contributed by atoms with Gasteiger partial charge in [0.25, 0.3) is 0 Å². The van der Waals surface area contributed by atoms with E-state index in [2.05, 4.69) is 0 Å². The van der Waals surface area contributed by atoms with E-state index in [4.69, 9.17) is 11.6 Å². The van der Waals surface area contributed by atoms with Crippen LogP contribution in [0.25, 0.3) is 0 Å². The van der Waals surface area contributed by atoms with E-state index >= 15 is 0 Å². The molecule has 0 aliphatic rings. The summed E-state index contributed by atoms with van der Waals surface area (Å²) in [6.07, 6.45) is -1.31. The van der Waals surface area contributed by atoms with Crippen LogP contribution in [0.4, 0.5) is 19.3 Å². The highest BCUT2D eigenvalue weighted by Gasteiger charge is 2.32. The van der Waals surface area contributed by atoms with Crippen LogP contribution in [0.1, 0.15) is 36.7 Å². The van der Waals surface area contributed by atoms with Gasteiger partial charge in [-0.25, -0.2) is 13.6 Å². The Hall–Kier alpha value is -2.47. The molecule has 0 aromatic heterocycles. The van der Waals surface area contributed by atoms with Gasteiger partial charge in [0.15, 0.2) is 0 Å². The second-order valence-electron chi connectivity index (χ2n) is 6.38. The summed E-state index contributed by atoms with van der Waals surface area (Å²) in [7, 11) is 0. The summed E-state index contributed by atoms with van der Waals surface area (Å²) >= 11 is 5.92. The summed E-state index contributed by atoms with van der Waals surface area (Å²) in [6, 6.07) is 7.01. The van der Waals surface area contributed by atoms with Crippen molar-refractivity contribution >= 4 is 29.2 Å². The Morgan fingerprint density at radius 2 is 1.64 bits per heavy atom. The molecule has 0 aliphatic carbocycles. The summed E-state index contributed by atoms with van der Waals surface area (Å²) in [4.78, 5) is 25.4. The van der Waals surface area contributed by atoms with E-state index < -0.39 is 34.6 Å². The van der Waals surface area contributed by atoms with Gasteiger partial charge in [0.1, 0.15) is 11.6 Å². The van der Waals surface area contributed by atoms with E-state index in [-0.39, 0.29) is 16.3 Å². The lowest BCUT2D eigenvalue weighted by Crippen LogP contribution is -2.46. The minimum atomic E-state index is -1.31. The van der Waals surface area contributed by atoms with E-state index in [1.807, 2.05) is 0 Å². The van der Waals surface area contributed by atoms with Crippen molar-refractivity contribution in [3.8, 4) is 0 Å². The Labute approximate surface area is 148 Å². The van der Waals surface area contributed by atoms with Gasteiger partial charge in [0, 0.05) is 16.1 Å². The first kappa shape index (κ1) is 18.9. The van der Waals surface area contributed by atoms with Gasteiger partial charge in [-0.15, -0.1) is 0 Å². The number of ketones is 1. The van der Waals surface area contributed by atoms with E-state index in [9.17, 15) is 23.5 Å². The van der Waals surface area contributed by atoms with Gasteiger partial charge in [-0.2, -0.15) is 0 Å². The number of anilines is 1. The van der Waals surface area contributed by atoms with Crippen molar-refractivity contribution in [3.63, 3.8) is 0 Å². The third kappa shape index (κ3) is 3.79. The summed E-state index contributed by atoms with van der Waals surface area (Å²) < 4.78 is 28.0. The molecule has 0 spiro atoms. The Morgan fingerprint density at radius 1 is 1.08 bits per heavy atom. The monoisotopic (exact) mass is 367 g/mol. The van der Waals surface area contributed by atoms with Crippen molar-refractivity contribution in [2.24, 2.45) is 0 Å². The largest absolute Gasteiger partial charge is 0.465 e. The summed E-state index contributed by atoms with van der Waals surface area (Å²) in [6.45, 7) is 4.90. The van der Waals surface area contributed by atoms with Crippen LogP contribution in [-0.2, 0) is 0 Å². The molecular weight excluding hydrogens is 352 g/mol. The second kappa shape index (κ2) is 6.80. The molecule has 0 radical (unpaired) electrons. The summed E-state index contributed by atoms with van der Waals surface area (Å²) in [5.74, 6) is -3.05. The lowest BCUT2D eigenvalue weighted by Gasteiger charge is -2.34. The van der Waals surface area contributed by atoms with E-state index in [1.54, 1.807) is 20.8 Å². The first-order chi connectivity index (χ1) is 11.5. The van der Waals surface area contributed by atoms with Gasteiger partial charge in [0.05, 0.1) is 11.3 Å². The molecule has 0 saturated heterocycles. The Balaban J connectivity index is 2.72. The molecular formula is C18H16ClF2NO3. The van der Waals surface area contributed by atoms with E-state index in [1.165, 1.54) is 18.2 Å². The van der Waals surface area contributed by atoms with Crippen molar-refractivity contribution in [1.29, 1.82) is 0 Å². The molecule has 7 heteroatoms. The maximum absolute atomic E-state index is 14.0. The SMILES string of the molecule is CC(C)(C)N(C(=O)O)c1ccc(Cl)cc1C(=O)c1c(F)cccc1F. The molecule has 0 aliphatic heterocycles. The minimum Gasteiger partial charge on any atom is -0.465 e. The van der Waals surface area contributed by atoms with E-state index in [0.717, 1.165) is 23.1 Å². The quantitative estimate of drug-likeness (QED) is 0.765. The standard InChI is InChI=1S/C18H16ClF2NO3/c1-18(2,3)22(17(24)25)14-8-7-10(19)9-11(14)16(23)15-12(20)5-4-6-13(15)21/h4-9H,1-3H3,(H,24,25). The zero-order valence-electron chi connectivity index (χ0n) is 13.8. The fourth-order valence-corrected chi connectivity index (χ4v) is 2.66. The number of benzene rings is 2. The van der Waals surface area contributed by atoms with Gasteiger partial charge in [0.2, 0.25) is 5.78 Å². The molecule has 2 aromatic carbocycles. The molecule has 2 rings (SSSR count). The number of carbonyl (C=O) groups excluding carboxylic acids is 1. The number of rotatable bonds is 3. The molecule has 1 N–H and O–H groups in total. The third-order valence-electron chi connectivity index (χ3n) is 3.50. The summed E-state index contributed by atoms with van der Waals surface area (Å²) in [5.41, 5.74) is -1.86. The maximum Gasteiger partial charge on any atom is 0.412 e. The Bertz CT molecular complexity index is 826. The predicted molar refractivity (Wildman–Crippen MR) is 91.5 cm³/mol. The molecule has 25 heavy (non-hydrogen) atoms. The van der Waals surface area contributed by atoms with Gasteiger partial charge >= 0.3 is 6.09 Å². The van der Waals surface area contributed by atoms with Gasteiger partial charge in [-0.3, -0.25) is 9.69 Å². The van der Waals surface area contributed by atoms with Crippen LogP contribution in [0.2, 0.25) is 5.02 Å². The average molecular weight is 368 g/mol. The third-order valence-corrected chi connectivity index (χ3v) is 3.73. The van der Waals surface area contributed by atoms with Crippen LogP contribution in [0.3, 0.4) is 0 Å². The molecule has 0 heterocycles. The number of carboxylic acid groups (broad SMARTS) is 1. The number of nitrogens with zero attached hydrogens (tertiary/aromatic N) is 1. The van der Waals surface area contributed by atoms with Gasteiger partial charge < -0.3 is 5.11 Å². The predicted octanol–water partition coefficient (Wildman–Crippen LogP) is 5.13. The first-order valence-corrected chi connectivity index (χ1v) is 7.73. The van der Waals surface area contributed by atoms with Gasteiger partial charge in [-0.1, -0.05) is 17.7 Å². The zero-order valence-corrected chi connectivity index (χ0v) is 14.6. The number of hydrogen-bond donors (Lipinski definition) is 1. The van der Waals surface area contributed by atoms with Crippen LogP contribution >= 0.6 is 11.6 Å². The molecule has 0 bridgehead atoms. The van der Waals surface area contributed by atoms with Crippen molar-refractivity contribution in [2.45, 2.75) is 26.3 Å². The van der Waals surface area contributed by atoms with Crippen molar-refractivity contribution < 1.29 is 23.5 Å². The van der Waals surface area contributed by atoms with Gasteiger partial charge in [-0.05, 0) is 51.1 Å². The van der Waals surface area contributed by atoms with Crippen molar-refractivity contribution in [1.82, 2.24) is 0 Å². The van der Waals surface area contributed by atoms with Crippen LogP contribution in [0, 0.1) is 11.6 Å². The number of amides is 1. The normalized spacial score (nSPS) is 11.3. The highest BCUT2D eigenvalue weighted by atomic mass is 35.5. The second-order valence-corrected chi connectivity index (χ2v) is 6.81. The smallest absolute Gasteiger partial charge is 0.412 e. The molecule has 0 fully saturated rings. The molecule has 4 nitrogen and oxygen atoms in total. The zero-order chi connectivity index (χ0) is 18.9. The lowest BCUT2D eigenvalue weighted by molar-refractivity contribution is 0.103. The summed E-state index contributed by atoms with van der Waals surface area (Å²) in [5, 5.41) is 9.69. The number of carbonyl (C=O) groups is 2. The Kier molecular flexibility index (Phi) is 5.13. The highest BCUT2D eigenvalue weighted by Crippen LogP contribution is 2.32. The fraction of sp³-hybridized carbons (Fsp3) is 0.222. The minimum absolute atomic E-state index is 0.00273. The van der Waals surface area contributed by atoms with Crippen LogP contribution < -0.4 is 4.90 Å². The van der Waals surface area contributed by atoms with Crippen LogP contribution in [0.15, 0.2) is 36.4 Å². The van der Waals surface area contributed by atoms with Crippen molar-refractivity contribution in [2.75, 3.05) is 4.90 Å². The molecule has 2 aromatic rings. The molecule has 0 atom stereocenters. The fourth-order valence-electron chi connectivity index (χ4n) is 2.49. The highest BCUT2D eigenvalue weighted by molar-refractivity contribution is 6.31. The average Bonchev–Trinajstić information content (AvgIpc) is 2.46. The molecule has 1 amide bonds. The van der Waals surface area contributed by atoms with Crippen LogP contribution in [0.5, 0.6) is 0 Å². The Morgan fingerprint density at radius 3 is 2.12 bits per heavy atom. The number of hydrogen-bond acceptors (Lipinski definition) is 2. The lowest BCUT2D eigenvalue weighted by atomic mass is 9.97. The topological polar surface area (TPSA) is 57.6 Å². The van der Waals surface area contributed by atoms with Crippen LogP contribution in [-0.4, -0.2) is 22.5 Å². The maximum atomic E-state index is 14.0. The molecule has 0 unspecified atom stereocenters. The van der Waals surface area contributed by atoms with E-state index in [0.29, 0.717) is 0 Å². The number of halogens is 3.